The molecule has 1 saturated heterocycles. The molecular formula is C16H24FNO4. The van der Waals surface area contributed by atoms with E-state index in [1.54, 1.807) is 32.4 Å². The van der Waals surface area contributed by atoms with E-state index in [4.69, 9.17) is 14.2 Å². The lowest BCUT2D eigenvalue weighted by molar-refractivity contribution is -0.278. The molecule has 0 aromatic heterocycles. The van der Waals surface area contributed by atoms with Crippen LogP contribution in [-0.2, 0) is 9.47 Å². The molecule has 1 unspecified atom stereocenters. The lowest BCUT2D eigenvalue weighted by Gasteiger charge is -2.43. The highest BCUT2D eigenvalue weighted by molar-refractivity contribution is 5.23. The summed E-state index contributed by atoms with van der Waals surface area (Å²) in [7, 11) is 3.09. The summed E-state index contributed by atoms with van der Waals surface area (Å²) in [4.78, 5) is 2.13. The van der Waals surface area contributed by atoms with Crippen LogP contribution in [0.3, 0.4) is 0 Å². The van der Waals surface area contributed by atoms with Gasteiger partial charge in [-0.15, -0.1) is 0 Å². The highest BCUT2D eigenvalue weighted by Crippen LogP contribution is 2.27. The fourth-order valence-electron chi connectivity index (χ4n) is 2.75. The van der Waals surface area contributed by atoms with Crippen LogP contribution >= 0.6 is 0 Å². The number of nitrogens with zero attached hydrogens (tertiary/aromatic N) is 1. The van der Waals surface area contributed by atoms with Crippen molar-refractivity contribution < 1.29 is 23.7 Å². The minimum atomic E-state index is -0.903. The molecule has 0 radical (unpaired) electrons. The van der Waals surface area contributed by atoms with E-state index in [2.05, 4.69) is 4.90 Å². The maximum atomic E-state index is 13.4. The van der Waals surface area contributed by atoms with Crippen molar-refractivity contribution >= 4 is 0 Å². The highest BCUT2D eigenvalue weighted by Gasteiger charge is 2.42. The Kier molecular flexibility index (Phi) is 6.14. The van der Waals surface area contributed by atoms with Gasteiger partial charge in [0.1, 0.15) is 6.10 Å². The maximum absolute atomic E-state index is 13.4. The predicted molar refractivity (Wildman–Crippen MR) is 80.3 cm³/mol. The van der Waals surface area contributed by atoms with Gasteiger partial charge in [0.15, 0.2) is 17.4 Å². The predicted octanol–water partition coefficient (Wildman–Crippen LogP) is 1.65. The molecule has 1 fully saturated rings. The lowest BCUT2D eigenvalue weighted by Crippen LogP contribution is -2.57. The minimum Gasteiger partial charge on any atom is -0.490 e. The van der Waals surface area contributed by atoms with Crippen molar-refractivity contribution in [1.82, 2.24) is 4.90 Å². The molecule has 6 heteroatoms. The van der Waals surface area contributed by atoms with Gasteiger partial charge in [0.2, 0.25) is 0 Å². The van der Waals surface area contributed by atoms with Crippen molar-refractivity contribution in [2.75, 3.05) is 40.5 Å². The molecule has 22 heavy (non-hydrogen) atoms. The normalized spacial score (nSPS) is 21.7. The van der Waals surface area contributed by atoms with Crippen molar-refractivity contribution in [3.63, 3.8) is 0 Å². The van der Waals surface area contributed by atoms with Crippen molar-refractivity contribution in [3.8, 4) is 5.75 Å². The molecule has 0 bridgehead atoms. The standard InChI is InChI=1S/C16H24FNO4/c1-20-16(21-2)8-10-18(12-15(16)19)9-5-11-22-14-7-4-3-6-13(14)17/h3-4,6-7,15,19H,5,8-12H2,1-2H3. The van der Waals surface area contributed by atoms with Gasteiger partial charge >= 0.3 is 0 Å². The van der Waals surface area contributed by atoms with Crippen molar-refractivity contribution in [2.24, 2.45) is 0 Å². The van der Waals surface area contributed by atoms with Crippen LogP contribution in [0, 0.1) is 5.82 Å². The van der Waals surface area contributed by atoms with Crippen molar-refractivity contribution in [3.05, 3.63) is 30.1 Å². The Hall–Kier alpha value is -1.21. The zero-order chi connectivity index (χ0) is 16.0. The largest absolute Gasteiger partial charge is 0.490 e. The third kappa shape index (κ3) is 3.95. The maximum Gasteiger partial charge on any atom is 0.196 e. The van der Waals surface area contributed by atoms with Gasteiger partial charge in [-0.2, -0.15) is 0 Å². The summed E-state index contributed by atoms with van der Waals surface area (Å²) in [6.45, 7) is 2.47. The fourth-order valence-corrected chi connectivity index (χ4v) is 2.75. The molecule has 0 saturated carbocycles. The number of β-amino-alcohol motifs (C(OH)–C–C–N with tert-alkyl or cyclic N) is 1. The number of halogens is 1. The van der Waals surface area contributed by atoms with Gasteiger partial charge in [0.25, 0.3) is 0 Å². The molecule has 2 rings (SSSR count). The first-order valence-electron chi connectivity index (χ1n) is 7.49. The topological polar surface area (TPSA) is 51.2 Å². The van der Waals surface area contributed by atoms with Crippen LogP contribution in [0.15, 0.2) is 24.3 Å². The summed E-state index contributed by atoms with van der Waals surface area (Å²) in [5, 5.41) is 10.2. The van der Waals surface area contributed by atoms with Crippen LogP contribution in [0.4, 0.5) is 4.39 Å². The molecule has 1 atom stereocenters. The zero-order valence-electron chi connectivity index (χ0n) is 13.1. The van der Waals surface area contributed by atoms with Crippen LogP contribution < -0.4 is 4.74 Å². The number of benzene rings is 1. The number of methoxy groups -OCH3 is 2. The molecule has 124 valence electrons. The van der Waals surface area contributed by atoms with Crippen LogP contribution in [0.2, 0.25) is 0 Å². The third-order valence-electron chi connectivity index (χ3n) is 4.12. The SMILES string of the molecule is COC1(OC)CCN(CCCOc2ccccc2F)CC1O. The van der Waals surface area contributed by atoms with Crippen LogP contribution in [0.25, 0.3) is 0 Å². The second-order valence-electron chi connectivity index (χ2n) is 5.42. The molecule has 5 nitrogen and oxygen atoms in total. The quantitative estimate of drug-likeness (QED) is 0.613. The highest BCUT2D eigenvalue weighted by atomic mass is 19.1. The van der Waals surface area contributed by atoms with Crippen LogP contribution in [0.1, 0.15) is 12.8 Å². The summed E-state index contributed by atoms with van der Waals surface area (Å²) in [6, 6.07) is 6.38. The second-order valence-corrected chi connectivity index (χ2v) is 5.42. The van der Waals surface area contributed by atoms with E-state index in [-0.39, 0.29) is 11.6 Å². The van der Waals surface area contributed by atoms with Gasteiger partial charge in [-0.25, -0.2) is 4.39 Å². The number of piperidine rings is 1. The zero-order valence-corrected chi connectivity index (χ0v) is 13.1. The molecular weight excluding hydrogens is 289 g/mol. The van der Waals surface area contributed by atoms with E-state index < -0.39 is 11.9 Å². The number of rotatable bonds is 7. The van der Waals surface area contributed by atoms with Gasteiger partial charge in [0.05, 0.1) is 6.61 Å². The Morgan fingerprint density at radius 1 is 1.32 bits per heavy atom. The van der Waals surface area contributed by atoms with Gasteiger partial charge in [-0.05, 0) is 18.6 Å². The van der Waals surface area contributed by atoms with Crippen molar-refractivity contribution in [1.29, 1.82) is 0 Å². The van der Waals surface area contributed by atoms with E-state index in [1.807, 2.05) is 0 Å². The monoisotopic (exact) mass is 313 g/mol. The van der Waals surface area contributed by atoms with Gasteiger partial charge in [-0.3, -0.25) is 0 Å². The third-order valence-corrected chi connectivity index (χ3v) is 4.12. The summed E-state index contributed by atoms with van der Waals surface area (Å²) < 4.78 is 29.5. The van der Waals surface area contributed by atoms with Gasteiger partial charge in [-0.1, -0.05) is 12.1 Å². The Bertz CT molecular complexity index is 467. The molecule has 0 aliphatic carbocycles. The lowest BCUT2D eigenvalue weighted by atomic mass is 10.00. The molecule has 1 N–H and O–H groups in total. The summed E-state index contributed by atoms with van der Waals surface area (Å²) in [6.07, 6.45) is 0.673. The molecule has 1 aromatic carbocycles. The number of hydrogen-bond donors (Lipinski definition) is 1. The summed E-state index contributed by atoms with van der Waals surface area (Å²) >= 11 is 0. The number of likely N-dealkylation sites (tertiary alicyclic amines) is 1. The Balaban J connectivity index is 1.72. The van der Waals surface area contributed by atoms with Crippen molar-refractivity contribution in [2.45, 2.75) is 24.7 Å². The minimum absolute atomic E-state index is 0.277. The van der Waals surface area contributed by atoms with E-state index in [9.17, 15) is 9.50 Å². The second kappa shape index (κ2) is 7.87. The first-order valence-corrected chi connectivity index (χ1v) is 7.49. The van der Waals surface area contributed by atoms with E-state index >= 15 is 0 Å². The summed E-state index contributed by atoms with van der Waals surface area (Å²) in [5.41, 5.74) is 0. The number of aliphatic hydroxyl groups excluding tert-OH is 1. The average Bonchev–Trinajstić information content (AvgIpc) is 2.54. The van der Waals surface area contributed by atoms with Crippen LogP contribution in [-0.4, -0.2) is 62.4 Å². The number of aliphatic hydroxyl groups is 1. The number of para-hydroxylation sites is 1. The van der Waals surface area contributed by atoms with E-state index in [0.29, 0.717) is 19.6 Å². The Morgan fingerprint density at radius 3 is 2.68 bits per heavy atom. The number of ether oxygens (including phenoxy) is 3. The molecule has 1 aromatic rings. The molecule has 0 spiro atoms. The first kappa shape index (κ1) is 17.1. The fraction of sp³-hybridized carbons (Fsp3) is 0.625. The Morgan fingerprint density at radius 2 is 2.05 bits per heavy atom. The number of hydrogen-bond acceptors (Lipinski definition) is 5. The molecule has 1 aliphatic heterocycles. The van der Waals surface area contributed by atoms with Gasteiger partial charge in [0, 0.05) is 40.3 Å². The molecule has 1 aliphatic rings. The van der Waals surface area contributed by atoms with E-state index in [1.165, 1.54) is 6.07 Å². The average molecular weight is 313 g/mol. The smallest absolute Gasteiger partial charge is 0.196 e. The Labute approximate surface area is 130 Å². The van der Waals surface area contributed by atoms with E-state index in [0.717, 1.165) is 19.5 Å². The molecule has 1 heterocycles. The van der Waals surface area contributed by atoms with Crippen LogP contribution in [0.5, 0.6) is 5.75 Å². The molecule has 0 amide bonds. The van der Waals surface area contributed by atoms with Gasteiger partial charge < -0.3 is 24.2 Å². The first-order chi connectivity index (χ1) is 10.6. The summed E-state index contributed by atoms with van der Waals surface area (Å²) in [5.74, 6) is -0.972.